The molecule has 0 aliphatic rings. The summed E-state index contributed by atoms with van der Waals surface area (Å²) >= 11 is 0. The first-order chi connectivity index (χ1) is 11.3. The fourth-order valence-electron chi connectivity index (χ4n) is 2.44. The maximum atomic E-state index is 12.9. The molecule has 0 aliphatic carbocycles. The lowest BCUT2D eigenvalue weighted by Crippen LogP contribution is -2.32. The molecule has 2 rings (SSSR count). The number of methoxy groups -OCH3 is 1. The molecule has 0 aromatic heterocycles. The van der Waals surface area contributed by atoms with Crippen LogP contribution < -0.4 is 9.46 Å². The molecular weight excluding hydrogens is 329 g/mol. The molecule has 0 saturated heterocycles. The Balaban J connectivity index is 2.17. The second-order valence-electron chi connectivity index (χ2n) is 6.00. The number of nitrogens with one attached hydrogen (secondary N) is 1. The molecule has 0 radical (unpaired) electrons. The lowest BCUT2D eigenvalue weighted by Gasteiger charge is -2.23. The Morgan fingerprint density at radius 3 is 2.12 bits per heavy atom. The highest BCUT2D eigenvalue weighted by molar-refractivity contribution is 7.88. The van der Waals surface area contributed by atoms with Gasteiger partial charge in [0.05, 0.1) is 12.9 Å². The van der Waals surface area contributed by atoms with E-state index in [1.807, 2.05) is 26.0 Å². The summed E-state index contributed by atoms with van der Waals surface area (Å²) in [6.07, 6.45) is 0. The molecule has 0 bridgehead atoms. The van der Waals surface area contributed by atoms with Gasteiger partial charge < -0.3 is 4.74 Å². The number of halogens is 1. The average molecular weight is 351 g/mol. The molecular formula is C18H22FNO3S. The van der Waals surface area contributed by atoms with Gasteiger partial charge in [-0.25, -0.2) is 17.5 Å². The molecule has 0 aliphatic heterocycles. The number of hydrogen-bond donors (Lipinski definition) is 1. The van der Waals surface area contributed by atoms with Crippen LogP contribution in [0.15, 0.2) is 48.5 Å². The Morgan fingerprint density at radius 2 is 1.62 bits per heavy atom. The lowest BCUT2D eigenvalue weighted by molar-refractivity contribution is 0.413. The van der Waals surface area contributed by atoms with Crippen molar-refractivity contribution in [3.63, 3.8) is 0 Å². The standard InChI is InChI=1S/C18H22FNO3S/c1-13(2)18(15-6-10-17(23-3)11-7-15)20-24(21,22)12-14-4-8-16(19)9-5-14/h4-11,13,18,20H,12H2,1-3H3. The minimum atomic E-state index is -3.56. The molecule has 2 aromatic rings. The average Bonchev–Trinajstić information content (AvgIpc) is 2.54. The predicted octanol–water partition coefficient (Wildman–Crippen LogP) is 3.65. The van der Waals surface area contributed by atoms with Crippen LogP contribution in [0.5, 0.6) is 5.75 Å². The quantitative estimate of drug-likeness (QED) is 0.828. The van der Waals surface area contributed by atoms with Crippen molar-refractivity contribution in [2.75, 3.05) is 7.11 Å². The van der Waals surface area contributed by atoms with Gasteiger partial charge in [-0.3, -0.25) is 0 Å². The zero-order valence-electron chi connectivity index (χ0n) is 14.0. The van der Waals surface area contributed by atoms with E-state index in [0.29, 0.717) is 5.56 Å². The van der Waals surface area contributed by atoms with Crippen LogP contribution in [0.4, 0.5) is 4.39 Å². The van der Waals surface area contributed by atoms with E-state index in [0.717, 1.165) is 11.3 Å². The van der Waals surface area contributed by atoms with Gasteiger partial charge in [-0.1, -0.05) is 38.1 Å². The van der Waals surface area contributed by atoms with Crippen LogP contribution in [0.25, 0.3) is 0 Å². The SMILES string of the molecule is COc1ccc(C(NS(=O)(=O)Cc2ccc(F)cc2)C(C)C)cc1. The third kappa shape index (κ3) is 5.04. The Hall–Kier alpha value is -1.92. The van der Waals surface area contributed by atoms with E-state index >= 15 is 0 Å². The summed E-state index contributed by atoms with van der Waals surface area (Å²) < 4.78 is 45.8. The number of ether oxygens (including phenoxy) is 1. The molecule has 1 atom stereocenters. The highest BCUT2D eigenvalue weighted by Crippen LogP contribution is 2.25. The molecule has 1 N–H and O–H groups in total. The van der Waals surface area contributed by atoms with Gasteiger partial charge >= 0.3 is 0 Å². The molecule has 130 valence electrons. The van der Waals surface area contributed by atoms with Gasteiger partial charge in [-0.2, -0.15) is 0 Å². The van der Waals surface area contributed by atoms with E-state index in [1.165, 1.54) is 24.3 Å². The van der Waals surface area contributed by atoms with Crippen LogP contribution in [-0.4, -0.2) is 15.5 Å². The normalized spacial score (nSPS) is 13.0. The van der Waals surface area contributed by atoms with Crippen molar-refractivity contribution in [2.45, 2.75) is 25.6 Å². The van der Waals surface area contributed by atoms with E-state index in [2.05, 4.69) is 4.72 Å². The van der Waals surface area contributed by atoms with Crippen LogP contribution in [0.1, 0.15) is 31.0 Å². The number of benzene rings is 2. The minimum Gasteiger partial charge on any atom is -0.497 e. The first kappa shape index (κ1) is 18.4. The Labute approximate surface area is 142 Å². The van der Waals surface area contributed by atoms with Crippen molar-refractivity contribution in [1.82, 2.24) is 4.72 Å². The monoisotopic (exact) mass is 351 g/mol. The summed E-state index contributed by atoms with van der Waals surface area (Å²) in [6.45, 7) is 3.91. The van der Waals surface area contributed by atoms with E-state index in [9.17, 15) is 12.8 Å². The van der Waals surface area contributed by atoms with Crippen LogP contribution in [0, 0.1) is 11.7 Å². The summed E-state index contributed by atoms with van der Waals surface area (Å²) in [4.78, 5) is 0. The summed E-state index contributed by atoms with van der Waals surface area (Å²) in [5.41, 5.74) is 1.41. The molecule has 2 aromatic carbocycles. The molecule has 0 fully saturated rings. The van der Waals surface area contributed by atoms with Gasteiger partial charge in [0.25, 0.3) is 0 Å². The van der Waals surface area contributed by atoms with E-state index < -0.39 is 10.0 Å². The number of hydrogen-bond acceptors (Lipinski definition) is 3. The second kappa shape index (κ2) is 7.77. The highest BCUT2D eigenvalue weighted by Gasteiger charge is 2.22. The fourth-order valence-corrected chi connectivity index (χ4v) is 3.95. The Morgan fingerprint density at radius 1 is 1.04 bits per heavy atom. The van der Waals surface area contributed by atoms with Crippen LogP contribution >= 0.6 is 0 Å². The van der Waals surface area contributed by atoms with Crippen molar-refractivity contribution in [2.24, 2.45) is 5.92 Å². The van der Waals surface area contributed by atoms with Crippen molar-refractivity contribution < 1.29 is 17.5 Å². The smallest absolute Gasteiger partial charge is 0.216 e. The van der Waals surface area contributed by atoms with E-state index in [1.54, 1.807) is 19.2 Å². The van der Waals surface area contributed by atoms with Gasteiger partial charge in [-0.15, -0.1) is 0 Å². The molecule has 24 heavy (non-hydrogen) atoms. The summed E-state index contributed by atoms with van der Waals surface area (Å²) in [6, 6.07) is 12.4. The Kier molecular flexibility index (Phi) is 5.96. The zero-order valence-corrected chi connectivity index (χ0v) is 14.8. The van der Waals surface area contributed by atoms with Gasteiger partial charge in [0.15, 0.2) is 0 Å². The second-order valence-corrected chi connectivity index (χ2v) is 7.75. The fraction of sp³-hybridized carbons (Fsp3) is 0.333. The first-order valence-electron chi connectivity index (χ1n) is 7.69. The van der Waals surface area contributed by atoms with E-state index in [-0.39, 0.29) is 23.5 Å². The van der Waals surface area contributed by atoms with Crippen molar-refractivity contribution >= 4 is 10.0 Å². The molecule has 0 spiro atoms. The summed E-state index contributed by atoms with van der Waals surface area (Å²) in [5, 5.41) is 0. The van der Waals surface area contributed by atoms with Gasteiger partial charge in [0.2, 0.25) is 10.0 Å². The first-order valence-corrected chi connectivity index (χ1v) is 9.34. The third-order valence-corrected chi connectivity index (χ3v) is 5.04. The van der Waals surface area contributed by atoms with Crippen LogP contribution in [-0.2, 0) is 15.8 Å². The third-order valence-electron chi connectivity index (χ3n) is 3.72. The number of rotatable bonds is 7. The van der Waals surface area contributed by atoms with Crippen LogP contribution in [0.3, 0.4) is 0 Å². The van der Waals surface area contributed by atoms with Crippen molar-refractivity contribution in [1.29, 1.82) is 0 Å². The maximum absolute atomic E-state index is 12.9. The van der Waals surface area contributed by atoms with E-state index in [4.69, 9.17) is 4.74 Å². The molecule has 6 heteroatoms. The topological polar surface area (TPSA) is 55.4 Å². The molecule has 0 saturated carbocycles. The Bertz CT molecular complexity index is 756. The van der Waals surface area contributed by atoms with Crippen molar-refractivity contribution in [3.8, 4) is 5.75 Å². The highest BCUT2D eigenvalue weighted by atomic mass is 32.2. The minimum absolute atomic E-state index is 0.0707. The summed E-state index contributed by atoms with van der Waals surface area (Å²) in [5.74, 6) is 0.214. The zero-order chi connectivity index (χ0) is 17.7. The summed E-state index contributed by atoms with van der Waals surface area (Å²) in [7, 11) is -1.98. The predicted molar refractivity (Wildman–Crippen MR) is 92.7 cm³/mol. The van der Waals surface area contributed by atoms with Crippen molar-refractivity contribution in [3.05, 3.63) is 65.5 Å². The van der Waals surface area contributed by atoms with Gasteiger partial charge in [0, 0.05) is 6.04 Å². The molecule has 4 nitrogen and oxygen atoms in total. The molecule has 1 unspecified atom stereocenters. The number of sulfonamides is 1. The largest absolute Gasteiger partial charge is 0.497 e. The van der Waals surface area contributed by atoms with Gasteiger partial charge in [0.1, 0.15) is 11.6 Å². The molecule has 0 heterocycles. The maximum Gasteiger partial charge on any atom is 0.216 e. The molecule has 0 amide bonds. The van der Waals surface area contributed by atoms with Crippen LogP contribution in [0.2, 0.25) is 0 Å². The lowest BCUT2D eigenvalue weighted by atomic mass is 9.97. The van der Waals surface area contributed by atoms with Gasteiger partial charge in [-0.05, 0) is 41.3 Å².